The van der Waals surface area contributed by atoms with E-state index in [4.69, 9.17) is 0 Å². The SMILES string of the molecule is CCCN(C(=O)Cc1cn2ccsc2n1)C1Cc2ccccc2C1. The maximum atomic E-state index is 12.9. The lowest BCUT2D eigenvalue weighted by molar-refractivity contribution is -0.132. The number of hydrogen-bond donors (Lipinski definition) is 0. The van der Waals surface area contributed by atoms with E-state index >= 15 is 0 Å². The van der Waals surface area contributed by atoms with E-state index in [1.54, 1.807) is 11.3 Å². The molecule has 24 heavy (non-hydrogen) atoms. The van der Waals surface area contributed by atoms with Crippen molar-refractivity contribution in [1.29, 1.82) is 0 Å². The van der Waals surface area contributed by atoms with Gasteiger partial charge in [0.1, 0.15) is 0 Å². The van der Waals surface area contributed by atoms with Crippen molar-refractivity contribution in [3.8, 4) is 0 Å². The Kier molecular flexibility index (Phi) is 4.10. The van der Waals surface area contributed by atoms with Crippen LogP contribution in [-0.2, 0) is 24.1 Å². The van der Waals surface area contributed by atoms with Crippen LogP contribution in [0.2, 0.25) is 0 Å². The van der Waals surface area contributed by atoms with E-state index in [9.17, 15) is 4.79 Å². The lowest BCUT2D eigenvalue weighted by atomic mass is 10.1. The minimum Gasteiger partial charge on any atom is -0.339 e. The summed E-state index contributed by atoms with van der Waals surface area (Å²) in [5, 5.41) is 2.01. The van der Waals surface area contributed by atoms with Crippen LogP contribution in [0.4, 0.5) is 0 Å². The number of thiazole rings is 1. The van der Waals surface area contributed by atoms with Crippen molar-refractivity contribution in [3.05, 3.63) is 58.9 Å². The van der Waals surface area contributed by atoms with Crippen molar-refractivity contribution in [1.82, 2.24) is 14.3 Å². The Labute approximate surface area is 145 Å². The predicted octanol–water partition coefficient (Wildman–Crippen LogP) is 3.34. The molecule has 2 aromatic heterocycles. The largest absolute Gasteiger partial charge is 0.339 e. The summed E-state index contributed by atoms with van der Waals surface area (Å²) in [5.41, 5.74) is 3.64. The first kappa shape index (κ1) is 15.4. The molecule has 1 aromatic carbocycles. The Morgan fingerprint density at radius 2 is 2.08 bits per heavy atom. The molecule has 4 rings (SSSR count). The monoisotopic (exact) mass is 339 g/mol. The molecule has 0 spiro atoms. The minimum atomic E-state index is 0.195. The summed E-state index contributed by atoms with van der Waals surface area (Å²) >= 11 is 1.60. The van der Waals surface area contributed by atoms with Gasteiger partial charge in [0.25, 0.3) is 0 Å². The number of nitrogens with zero attached hydrogens (tertiary/aromatic N) is 3. The summed E-state index contributed by atoms with van der Waals surface area (Å²) in [6, 6.07) is 8.84. The molecule has 0 saturated heterocycles. The second kappa shape index (κ2) is 6.40. The van der Waals surface area contributed by atoms with Crippen molar-refractivity contribution in [2.75, 3.05) is 6.54 Å². The fourth-order valence-corrected chi connectivity index (χ4v) is 4.34. The van der Waals surface area contributed by atoms with Gasteiger partial charge in [-0.2, -0.15) is 0 Å². The highest BCUT2D eigenvalue weighted by Gasteiger charge is 2.29. The number of benzene rings is 1. The van der Waals surface area contributed by atoms with E-state index in [0.717, 1.165) is 36.5 Å². The van der Waals surface area contributed by atoms with Crippen LogP contribution in [0.1, 0.15) is 30.2 Å². The van der Waals surface area contributed by atoms with Gasteiger partial charge in [-0.05, 0) is 30.4 Å². The molecule has 0 unspecified atom stereocenters. The van der Waals surface area contributed by atoms with Crippen LogP contribution in [-0.4, -0.2) is 32.8 Å². The van der Waals surface area contributed by atoms with Crippen molar-refractivity contribution in [2.24, 2.45) is 0 Å². The van der Waals surface area contributed by atoms with Gasteiger partial charge in [0.2, 0.25) is 5.91 Å². The first-order chi connectivity index (χ1) is 11.7. The minimum absolute atomic E-state index is 0.195. The fraction of sp³-hybridized carbons (Fsp3) is 0.368. The molecule has 0 aliphatic heterocycles. The van der Waals surface area contributed by atoms with E-state index < -0.39 is 0 Å². The molecule has 3 aromatic rings. The molecule has 0 fully saturated rings. The lowest BCUT2D eigenvalue weighted by Gasteiger charge is -2.28. The summed E-state index contributed by atoms with van der Waals surface area (Å²) in [6.07, 6.45) is 7.27. The number of imidazole rings is 1. The zero-order chi connectivity index (χ0) is 16.5. The number of fused-ring (bicyclic) bond motifs is 2. The Hall–Kier alpha value is -2.14. The van der Waals surface area contributed by atoms with Crippen LogP contribution < -0.4 is 0 Å². The van der Waals surface area contributed by atoms with E-state index in [-0.39, 0.29) is 5.91 Å². The summed E-state index contributed by atoms with van der Waals surface area (Å²) in [6.45, 7) is 2.95. The third-order valence-electron chi connectivity index (χ3n) is 4.73. The molecule has 1 aliphatic carbocycles. The molecule has 5 heteroatoms. The quantitative estimate of drug-likeness (QED) is 0.715. The highest BCUT2D eigenvalue weighted by Crippen LogP contribution is 2.26. The van der Waals surface area contributed by atoms with Crippen LogP contribution in [0.5, 0.6) is 0 Å². The smallest absolute Gasteiger partial charge is 0.228 e. The van der Waals surface area contributed by atoms with Gasteiger partial charge in [0, 0.05) is 30.4 Å². The third-order valence-corrected chi connectivity index (χ3v) is 5.50. The molecular formula is C19H21N3OS. The molecule has 124 valence electrons. The summed E-state index contributed by atoms with van der Waals surface area (Å²) < 4.78 is 1.99. The molecule has 1 amide bonds. The van der Waals surface area contributed by atoms with Crippen LogP contribution >= 0.6 is 11.3 Å². The normalized spacial score (nSPS) is 14.2. The molecule has 1 aliphatic rings. The first-order valence-corrected chi connectivity index (χ1v) is 9.40. The van der Waals surface area contributed by atoms with E-state index in [0.29, 0.717) is 12.5 Å². The molecule has 2 heterocycles. The molecular weight excluding hydrogens is 318 g/mol. The van der Waals surface area contributed by atoms with Gasteiger partial charge in [-0.15, -0.1) is 11.3 Å². The number of amides is 1. The number of rotatable bonds is 5. The molecule has 0 bridgehead atoms. The van der Waals surface area contributed by atoms with Crippen molar-refractivity contribution >= 4 is 22.2 Å². The second-order valence-electron chi connectivity index (χ2n) is 6.42. The van der Waals surface area contributed by atoms with Gasteiger partial charge in [-0.1, -0.05) is 31.2 Å². The van der Waals surface area contributed by atoms with E-state index in [2.05, 4.69) is 41.1 Å². The van der Waals surface area contributed by atoms with Gasteiger partial charge in [0.05, 0.1) is 12.1 Å². The maximum absolute atomic E-state index is 12.9. The molecule has 0 N–H and O–H groups in total. The van der Waals surface area contributed by atoms with Gasteiger partial charge < -0.3 is 4.90 Å². The Morgan fingerprint density at radius 3 is 2.75 bits per heavy atom. The lowest BCUT2D eigenvalue weighted by Crippen LogP contribution is -2.42. The maximum Gasteiger partial charge on any atom is 0.228 e. The van der Waals surface area contributed by atoms with Crippen LogP contribution in [0.25, 0.3) is 4.96 Å². The first-order valence-electron chi connectivity index (χ1n) is 8.52. The number of aromatic nitrogens is 2. The van der Waals surface area contributed by atoms with Crippen molar-refractivity contribution in [3.63, 3.8) is 0 Å². The Morgan fingerprint density at radius 1 is 1.33 bits per heavy atom. The number of hydrogen-bond acceptors (Lipinski definition) is 3. The van der Waals surface area contributed by atoms with Crippen LogP contribution in [0.3, 0.4) is 0 Å². The fourth-order valence-electron chi connectivity index (χ4n) is 3.63. The van der Waals surface area contributed by atoms with Gasteiger partial charge >= 0.3 is 0 Å². The Bertz CT molecular complexity index is 813. The van der Waals surface area contributed by atoms with Crippen molar-refractivity contribution in [2.45, 2.75) is 38.6 Å². The van der Waals surface area contributed by atoms with Gasteiger partial charge in [0.15, 0.2) is 4.96 Å². The molecule has 4 nitrogen and oxygen atoms in total. The average molecular weight is 339 g/mol. The second-order valence-corrected chi connectivity index (χ2v) is 7.29. The Balaban J connectivity index is 1.50. The third kappa shape index (κ3) is 2.84. The van der Waals surface area contributed by atoms with E-state index in [1.165, 1.54) is 11.1 Å². The summed E-state index contributed by atoms with van der Waals surface area (Å²) in [4.78, 5) is 20.5. The molecule has 0 atom stereocenters. The van der Waals surface area contributed by atoms with Crippen LogP contribution in [0.15, 0.2) is 42.0 Å². The molecule has 0 radical (unpaired) electrons. The zero-order valence-electron chi connectivity index (χ0n) is 13.8. The number of carbonyl (C=O) groups is 1. The predicted molar refractivity (Wildman–Crippen MR) is 96.4 cm³/mol. The topological polar surface area (TPSA) is 37.6 Å². The highest BCUT2D eigenvalue weighted by molar-refractivity contribution is 7.15. The average Bonchev–Trinajstić information content (AvgIpc) is 3.25. The van der Waals surface area contributed by atoms with Gasteiger partial charge in [-0.25, -0.2) is 4.98 Å². The summed E-state index contributed by atoms with van der Waals surface area (Å²) in [5.74, 6) is 0.195. The summed E-state index contributed by atoms with van der Waals surface area (Å²) in [7, 11) is 0. The highest BCUT2D eigenvalue weighted by atomic mass is 32.1. The molecule has 0 saturated carbocycles. The zero-order valence-corrected chi connectivity index (χ0v) is 14.6. The van der Waals surface area contributed by atoms with E-state index in [1.807, 2.05) is 22.2 Å². The van der Waals surface area contributed by atoms with Crippen LogP contribution in [0, 0.1) is 0 Å². The van der Waals surface area contributed by atoms with Gasteiger partial charge in [-0.3, -0.25) is 9.20 Å². The van der Waals surface area contributed by atoms with Crippen molar-refractivity contribution < 1.29 is 4.79 Å². The number of carbonyl (C=O) groups excluding carboxylic acids is 1. The standard InChI is InChI=1S/C19H21N3OS/c1-2-7-22(17-10-14-5-3-4-6-15(14)11-17)18(23)12-16-13-21-8-9-24-19(21)20-16/h3-6,8-9,13,17H,2,7,10-12H2,1H3.